The Morgan fingerprint density at radius 2 is 2.07 bits per heavy atom. The van der Waals surface area contributed by atoms with Crippen LogP contribution in [0.3, 0.4) is 0 Å². The second-order valence-electron chi connectivity index (χ2n) is 3.87. The van der Waals surface area contributed by atoms with Crippen molar-refractivity contribution in [2.45, 2.75) is 38.8 Å². The molecule has 0 aromatic heterocycles. The van der Waals surface area contributed by atoms with Gasteiger partial charge in [-0.25, -0.2) is 0 Å². The summed E-state index contributed by atoms with van der Waals surface area (Å²) in [5.74, 6) is 0.112. The minimum Gasteiger partial charge on any atom is -0.469 e. The smallest absolute Gasteiger partial charge is 0.308 e. The van der Waals surface area contributed by atoms with Crippen LogP contribution in [0.5, 0.6) is 0 Å². The predicted molar refractivity (Wildman–Crippen MR) is 54.9 cm³/mol. The quantitative estimate of drug-likeness (QED) is 0.619. The van der Waals surface area contributed by atoms with E-state index in [0.717, 1.165) is 6.42 Å². The van der Waals surface area contributed by atoms with Crippen molar-refractivity contribution in [2.24, 2.45) is 5.92 Å². The molecule has 1 unspecified atom stereocenters. The molecule has 0 aromatic carbocycles. The second-order valence-corrected chi connectivity index (χ2v) is 3.87. The van der Waals surface area contributed by atoms with Crippen molar-refractivity contribution < 1.29 is 14.6 Å². The summed E-state index contributed by atoms with van der Waals surface area (Å²) in [6.07, 6.45) is 0.221. The third kappa shape index (κ3) is 5.19. The summed E-state index contributed by atoms with van der Waals surface area (Å²) in [6, 6.07) is -0.0471. The van der Waals surface area contributed by atoms with Crippen molar-refractivity contribution in [3.8, 4) is 0 Å². The third-order valence-electron chi connectivity index (χ3n) is 2.16. The van der Waals surface area contributed by atoms with E-state index < -0.39 is 6.10 Å². The minimum absolute atomic E-state index is 0.0471. The molecule has 84 valence electrons. The lowest BCUT2D eigenvalue weighted by Crippen LogP contribution is -2.40. The Balaban J connectivity index is 4.03. The van der Waals surface area contributed by atoms with Gasteiger partial charge in [0.25, 0.3) is 0 Å². The summed E-state index contributed by atoms with van der Waals surface area (Å²) in [5.41, 5.74) is 0. The molecule has 0 bridgehead atoms. The number of methoxy groups -OCH3 is 1. The highest BCUT2D eigenvalue weighted by Crippen LogP contribution is 2.10. The van der Waals surface area contributed by atoms with E-state index in [4.69, 9.17) is 0 Å². The number of esters is 1. The Bertz CT molecular complexity index is 171. The van der Waals surface area contributed by atoms with E-state index in [1.807, 2.05) is 0 Å². The van der Waals surface area contributed by atoms with Crippen LogP contribution < -0.4 is 5.32 Å². The molecule has 0 heterocycles. The molecule has 0 fully saturated rings. The van der Waals surface area contributed by atoms with Crippen LogP contribution >= 0.6 is 0 Å². The fourth-order valence-electron chi connectivity index (χ4n) is 1.37. The minimum atomic E-state index is -0.671. The molecule has 4 heteroatoms. The maximum atomic E-state index is 10.9. The zero-order valence-electron chi connectivity index (χ0n) is 9.41. The highest BCUT2D eigenvalue weighted by Gasteiger charge is 2.21. The van der Waals surface area contributed by atoms with Gasteiger partial charge in [0.15, 0.2) is 0 Å². The number of aliphatic hydroxyl groups excluding tert-OH is 1. The first-order valence-corrected chi connectivity index (χ1v) is 4.93. The summed E-state index contributed by atoms with van der Waals surface area (Å²) in [5, 5.41) is 12.7. The molecule has 2 atom stereocenters. The Kier molecular flexibility index (Phi) is 6.49. The molecule has 0 saturated carbocycles. The van der Waals surface area contributed by atoms with Crippen LogP contribution in [0, 0.1) is 5.92 Å². The number of ether oxygens (including phenoxy) is 1. The van der Waals surface area contributed by atoms with E-state index in [2.05, 4.69) is 23.9 Å². The highest BCUT2D eigenvalue weighted by molar-refractivity contribution is 5.69. The number of hydrogen-bond acceptors (Lipinski definition) is 4. The van der Waals surface area contributed by atoms with Gasteiger partial charge in [-0.1, -0.05) is 13.8 Å². The van der Waals surface area contributed by atoms with Gasteiger partial charge in [-0.3, -0.25) is 4.79 Å². The van der Waals surface area contributed by atoms with Gasteiger partial charge in [0.2, 0.25) is 0 Å². The van der Waals surface area contributed by atoms with Gasteiger partial charge in [0.1, 0.15) is 0 Å². The van der Waals surface area contributed by atoms with E-state index in [0.29, 0.717) is 5.92 Å². The summed E-state index contributed by atoms with van der Waals surface area (Å²) in [7, 11) is 3.11. The first-order valence-electron chi connectivity index (χ1n) is 4.93. The molecule has 0 amide bonds. The van der Waals surface area contributed by atoms with Crippen LogP contribution in [-0.4, -0.2) is 37.4 Å². The number of nitrogens with one attached hydrogen (secondary N) is 1. The van der Waals surface area contributed by atoms with E-state index >= 15 is 0 Å². The van der Waals surface area contributed by atoms with Crippen LogP contribution in [0.25, 0.3) is 0 Å². The molecular formula is C10H21NO3. The summed E-state index contributed by atoms with van der Waals surface area (Å²) < 4.78 is 4.49. The maximum Gasteiger partial charge on any atom is 0.308 e. The fraction of sp³-hybridized carbons (Fsp3) is 0.900. The largest absolute Gasteiger partial charge is 0.469 e. The molecule has 0 aliphatic heterocycles. The monoisotopic (exact) mass is 203 g/mol. The Morgan fingerprint density at radius 3 is 2.43 bits per heavy atom. The zero-order valence-corrected chi connectivity index (χ0v) is 9.41. The number of rotatable bonds is 6. The van der Waals surface area contributed by atoms with E-state index in [-0.39, 0.29) is 18.4 Å². The molecule has 4 nitrogen and oxygen atoms in total. The van der Waals surface area contributed by atoms with E-state index in [1.54, 1.807) is 7.05 Å². The Hall–Kier alpha value is -0.610. The Morgan fingerprint density at radius 1 is 1.50 bits per heavy atom. The Labute approximate surface area is 85.6 Å². The average molecular weight is 203 g/mol. The van der Waals surface area contributed by atoms with Crippen molar-refractivity contribution in [3.63, 3.8) is 0 Å². The molecule has 0 aliphatic rings. The number of hydrogen-bond donors (Lipinski definition) is 2. The van der Waals surface area contributed by atoms with Crippen LogP contribution in [-0.2, 0) is 9.53 Å². The first-order chi connectivity index (χ1) is 6.51. The first kappa shape index (κ1) is 13.4. The molecule has 0 spiro atoms. The average Bonchev–Trinajstić information content (AvgIpc) is 2.13. The van der Waals surface area contributed by atoms with Gasteiger partial charge in [-0.05, 0) is 19.4 Å². The zero-order chi connectivity index (χ0) is 11.1. The highest BCUT2D eigenvalue weighted by atomic mass is 16.5. The van der Waals surface area contributed by atoms with Gasteiger partial charge in [-0.15, -0.1) is 0 Å². The topological polar surface area (TPSA) is 58.6 Å². The van der Waals surface area contributed by atoms with Gasteiger partial charge in [0, 0.05) is 6.04 Å². The SMILES string of the molecule is CN[C@@H](CC(C)C)C(O)CC(=O)OC. The van der Waals surface area contributed by atoms with Crippen LogP contribution in [0.15, 0.2) is 0 Å². The molecule has 0 saturated heterocycles. The molecule has 14 heavy (non-hydrogen) atoms. The summed E-state index contributed by atoms with van der Waals surface area (Å²) in [4.78, 5) is 10.9. The molecule has 0 radical (unpaired) electrons. The van der Waals surface area contributed by atoms with Gasteiger partial charge in [-0.2, -0.15) is 0 Å². The number of likely N-dealkylation sites (N-methyl/N-ethyl adjacent to an activating group) is 1. The lowest BCUT2D eigenvalue weighted by molar-refractivity contribution is -0.143. The standard InChI is InChI=1S/C10H21NO3/c1-7(2)5-8(11-3)9(12)6-10(13)14-4/h7-9,11-12H,5-6H2,1-4H3/t8-,9?/m0/s1. The van der Waals surface area contributed by atoms with E-state index in [1.165, 1.54) is 7.11 Å². The molecule has 0 rings (SSSR count). The molecular weight excluding hydrogens is 182 g/mol. The van der Waals surface area contributed by atoms with Crippen molar-refractivity contribution in [1.29, 1.82) is 0 Å². The third-order valence-corrected chi connectivity index (χ3v) is 2.16. The summed E-state index contributed by atoms with van der Waals surface area (Å²) >= 11 is 0. The van der Waals surface area contributed by atoms with Crippen molar-refractivity contribution in [1.82, 2.24) is 5.32 Å². The van der Waals surface area contributed by atoms with Gasteiger partial charge in [0.05, 0.1) is 19.6 Å². The van der Waals surface area contributed by atoms with Gasteiger partial charge >= 0.3 is 5.97 Å². The fourth-order valence-corrected chi connectivity index (χ4v) is 1.37. The maximum absolute atomic E-state index is 10.9. The number of aliphatic hydroxyl groups is 1. The lowest BCUT2D eigenvalue weighted by Gasteiger charge is -2.23. The van der Waals surface area contributed by atoms with Crippen molar-refractivity contribution in [2.75, 3.05) is 14.2 Å². The van der Waals surface area contributed by atoms with E-state index in [9.17, 15) is 9.90 Å². The number of carbonyl (C=O) groups excluding carboxylic acids is 1. The van der Waals surface area contributed by atoms with Crippen LogP contribution in [0.4, 0.5) is 0 Å². The van der Waals surface area contributed by atoms with Crippen LogP contribution in [0.2, 0.25) is 0 Å². The lowest BCUT2D eigenvalue weighted by atomic mass is 9.97. The molecule has 2 N–H and O–H groups in total. The van der Waals surface area contributed by atoms with Gasteiger partial charge < -0.3 is 15.2 Å². The predicted octanol–water partition coefficient (Wildman–Crippen LogP) is 0.544. The van der Waals surface area contributed by atoms with Crippen molar-refractivity contribution in [3.05, 3.63) is 0 Å². The summed E-state index contributed by atoms with van der Waals surface area (Å²) in [6.45, 7) is 4.16. The number of carbonyl (C=O) groups is 1. The molecule has 0 aromatic rings. The van der Waals surface area contributed by atoms with Crippen LogP contribution in [0.1, 0.15) is 26.7 Å². The van der Waals surface area contributed by atoms with Crippen molar-refractivity contribution >= 4 is 5.97 Å². The second kappa shape index (κ2) is 6.79. The normalized spacial score (nSPS) is 15.3. The molecule has 0 aliphatic carbocycles.